The molecule has 0 saturated carbocycles. The minimum absolute atomic E-state index is 0.0378. The van der Waals surface area contributed by atoms with Gasteiger partial charge in [-0.05, 0) is 30.9 Å². The van der Waals surface area contributed by atoms with Crippen LogP contribution in [0.4, 0.5) is 5.69 Å². The Morgan fingerprint density at radius 1 is 1.23 bits per heavy atom. The molecule has 0 saturated heterocycles. The third kappa shape index (κ3) is 5.62. The summed E-state index contributed by atoms with van der Waals surface area (Å²) in [6, 6.07) is 8.01. The SMILES string of the molecule is CCCCOCCN(C(=O)C(Cl)CC)c1ccccc1CC. The molecule has 0 aliphatic heterocycles. The Morgan fingerprint density at radius 2 is 1.95 bits per heavy atom. The Morgan fingerprint density at radius 3 is 2.59 bits per heavy atom. The smallest absolute Gasteiger partial charge is 0.245 e. The molecule has 0 heterocycles. The zero-order valence-electron chi connectivity index (χ0n) is 14.0. The Bertz CT molecular complexity index is 450. The molecule has 3 nitrogen and oxygen atoms in total. The highest BCUT2D eigenvalue weighted by Gasteiger charge is 2.23. The number of nitrogens with zero attached hydrogens (tertiary/aromatic N) is 1. The number of para-hydroxylation sites is 1. The lowest BCUT2D eigenvalue weighted by Gasteiger charge is -2.27. The highest BCUT2D eigenvalue weighted by molar-refractivity contribution is 6.32. The van der Waals surface area contributed by atoms with E-state index < -0.39 is 5.38 Å². The summed E-state index contributed by atoms with van der Waals surface area (Å²) < 4.78 is 5.63. The van der Waals surface area contributed by atoms with Gasteiger partial charge in [0.1, 0.15) is 5.38 Å². The van der Waals surface area contributed by atoms with Crippen LogP contribution in [-0.4, -0.2) is 31.0 Å². The van der Waals surface area contributed by atoms with Crippen molar-refractivity contribution in [2.75, 3.05) is 24.7 Å². The van der Waals surface area contributed by atoms with Crippen molar-refractivity contribution in [3.63, 3.8) is 0 Å². The van der Waals surface area contributed by atoms with Gasteiger partial charge in [-0.2, -0.15) is 0 Å². The summed E-state index contributed by atoms with van der Waals surface area (Å²) in [6.07, 6.45) is 3.67. The predicted octanol–water partition coefficient (Wildman–Crippen LogP) is 4.42. The van der Waals surface area contributed by atoms with Crippen molar-refractivity contribution in [3.8, 4) is 0 Å². The van der Waals surface area contributed by atoms with E-state index in [0.717, 1.165) is 37.1 Å². The average Bonchev–Trinajstić information content (AvgIpc) is 2.57. The van der Waals surface area contributed by atoms with E-state index in [0.29, 0.717) is 19.6 Å². The number of benzene rings is 1. The molecule has 124 valence electrons. The number of unbranched alkanes of at least 4 members (excludes halogenated alkanes) is 1. The monoisotopic (exact) mass is 325 g/mol. The molecule has 1 amide bonds. The number of rotatable bonds is 10. The second kappa shape index (κ2) is 10.6. The van der Waals surface area contributed by atoms with Gasteiger partial charge in [0.25, 0.3) is 0 Å². The number of hydrogen-bond acceptors (Lipinski definition) is 2. The first kappa shape index (κ1) is 19.0. The first-order chi connectivity index (χ1) is 10.7. The number of ether oxygens (including phenoxy) is 1. The molecule has 1 rings (SSSR count). The van der Waals surface area contributed by atoms with Crippen molar-refractivity contribution in [1.29, 1.82) is 0 Å². The quantitative estimate of drug-likeness (QED) is 0.471. The van der Waals surface area contributed by atoms with Gasteiger partial charge in [0.15, 0.2) is 0 Å². The second-order valence-electron chi connectivity index (χ2n) is 5.31. The number of halogens is 1. The first-order valence-electron chi connectivity index (χ1n) is 8.26. The van der Waals surface area contributed by atoms with Gasteiger partial charge >= 0.3 is 0 Å². The third-order valence-corrected chi connectivity index (χ3v) is 4.15. The number of aryl methyl sites for hydroxylation is 1. The Hall–Kier alpha value is -1.06. The Balaban J connectivity index is 2.84. The minimum Gasteiger partial charge on any atom is -0.380 e. The van der Waals surface area contributed by atoms with E-state index in [9.17, 15) is 4.79 Å². The van der Waals surface area contributed by atoms with Crippen LogP contribution in [0.15, 0.2) is 24.3 Å². The largest absolute Gasteiger partial charge is 0.380 e. The molecular weight excluding hydrogens is 298 g/mol. The molecule has 0 N–H and O–H groups in total. The van der Waals surface area contributed by atoms with Crippen LogP contribution in [-0.2, 0) is 16.0 Å². The van der Waals surface area contributed by atoms with Crippen molar-refractivity contribution in [3.05, 3.63) is 29.8 Å². The zero-order valence-corrected chi connectivity index (χ0v) is 14.7. The topological polar surface area (TPSA) is 29.5 Å². The molecule has 0 radical (unpaired) electrons. The second-order valence-corrected chi connectivity index (χ2v) is 5.84. The first-order valence-corrected chi connectivity index (χ1v) is 8.70. The molecule has 22 heavy (non-hydrogen) atoms. The minimum atomic E-state index is -0.486. The number of anilines is 1. The van der Waals surface area contributed by atoms with Crippen LogP contribution in [0, 0.1) is 0 Å². The predicted molar refractivity (Wildman–Crippen MR) is 93.8 cm³/mol. The van der Waals surface area contributed by atoms with Crippen LogP contribution < -0.4 is 4.90 Å². The zero-order chi connectivity index (χ0) is 16.4. The van der Waals surface area contributed by atoms with Gasteiger partial charge in [-0.25, -0.2) is 0 Å². The lowest BCUT2D eigenvalue weighted by atomic mass is 10.1. The molecule has 0 aromatic heterocycles. The van der Waals surface area contributed by atoms with Gasteiger partial charge in [-0.1, -0.05) is 45.4 Å². The standard InChI is InChI=1S/C18H28ClNO2/c1-4-7-13-22-14-12-20(18(21)16(19)6-3)17-11-9-8-10-15(17)5-2/h8-11,16H,4-7,12-14H2,1-3H3. The number of carbonyl (C=O) groups is 1. The number of hydrogen-bond donors (Lipinski definition) is 0. The lowest BCUT2D eigenvalue weighted by molar-refractivity contribution is -0.118. The van der Waals surface area contributed by atoms with E-state index in [1.54, 1.807) is 4.90 Å². The van der Waals surface area contributed by atoms with Crippen LogP contribution in [0.2, 0.25) is 0 Å². The third-order valence-electron chi connectivity index (χ3n) is 3.66. The molecule has 1 aromatic carbocycles. The molecule has 0 spiro atoms. The lowest BCUT2D eigenvalue weighted by Crippen LogP contribution is -2.39. The summed E-state index contributed by atoms with van der Waals surface area (Å²) in [5, 5.41) is -0.486. The van der Waals surface area contributed by atoms with Crippen LogP contribution >= 0.6 is 11.6 Å². The summed E-state index contributed by atoms with van der Waals surface area (Å²) in [7, 11) is 0. The molecule has 0 fully saturated rings. The number of carbonyl (C=O) groups excluding carboxylic acids is 1. The fourth-order valence-electron chi connectivity index (χ4n) is 2.27. The van der Waals surface area contributed by atoms with Crippen molar-refractivity contribution in [2.24, 2.45) is 0 Å². The van der Waals surface area contributed by atoms with Crippen LogP contribution in [0.1, 0.15) is 45.6 Å². The summed E-state index contributed by atoms with van der Waals surface area (Å²) in [5.74, 6) is -0.0378. The van der Waals surface area contributed by atoms with E-state index in [4.69, 9.17) is 16.3 Å². The molecule has 0 aliphatic carbocycles. The maximum absolute atomic E-state index is 12.6. The van der Waals surface area contributed by atoms with Gasteiger partial charge in [-0.15, -0.1) is 11.6 Å². The van der Waals surface area contributed by atoms with E-state index >= 15 is 0 Å². The van der Waals surface area contributed by atoms with Crippen LogP contribution in [0.5, 0.6) is 0 Å². The van der Waals surface area contributed by atoms with Gasteiger partial charge in [-0.3, -0.25) is 4.79 Å². The highest BCUT2D eigenvalue weighted by atomic mass is 35.5. The summed E-state index contributed by atoms with van der Waals surface area (Å²) in [6.45, 7) is 7.98. The van der Waals surface area contributed by atoms with Crippen LogP contribution in [0.25, 0.3) is 0 Å². The fraction of sp³-hybridized carbons (Fsp3) is 0.611. The van der Waals surface area contributed by atoms with Gasteiger partial charge in [0, 0.05) is 18.8 Å². The fourth-order valence-corrected chi connectivity index (χ4v) is 2.39. The maximum Gasteiger partial charge on any atom is 0.245 e. The van der Waals surface area contributed by atoms with E-state index in [2.05, 4.69) is 19.9 Å². The van der Waals surface area contributed by atoms with Crippen LogP contribution in [0.3, 0.4) is 0 Å². The van der Waals surface area contributed by atoms with Gasteiger partial charge in [0.2, 0.25) is 5.91 Å². The molecule has 1 aromatic rings. The Kier molecular flexibility index (Phi) is 9.17. The van der Waals surface area contributed by atoms with E-state index in [1.165, 1.54) is 0 Å². The summed E-state index contributed by atoms with van der Waals surface area (Å²) in [5.41, 5.74) is 2.11. The van der Waals surface area contributed by atoms with Gasteiger partial charge in [0.05, 0.1) is 6.61 Å². The molecule has 1 atom stereocenters. The maximum atomic E-state index is 12.6. The highest BCUT2D eigenvalue weighted by Crippen LogP contribution is 2.23. The summed E-state index contributed by atoms with van der Waals surface area (Å²) in [4.78, 5) is 14.4. The van der Waals surface area contributed by atoms with Crippen molar-refractivity contribution >= 4 is 23.2 Å². The van der Waals surface area contributed by atoms with Gasteiger partial charge < -0.3 is 9.64 Å². The Labute approximate surface area is 139 Å². The summed E-state index contributed by atoms with van der Waals surface area (Å²) >= 11 is 6.19. The van der Waals surface area contributed by atoms with Crippen molar-refractivity contribution in [2.45, 2.75) is 51.8 Å². The normalized spacial score (nSPS) is 12.2. The number of amides is 1. The molecular formula is C18H28ClNO2. The van der Waals surface area contributed by atoms with E-state index in [1.807, 2.05) is 25.1 Å². The molecule has 0 bridgehead atoms. The molecule has 4 heteroatoms. The average molecular weight is 326 g/mol. The molecule has 1 unspecified atom stereocenters. The molecule has 0 aliphatic rings. The number of alkyl halides is 1. The van der Waals surface area contributed by atoms with Crippen molar-refractivity contribution in [1.82, 2.24) is 0 Å². The van der Waals surface area contributed by atoms with Crippen molar-refractivity contribution < 1.29 is 9.53 Å². The van der Waals surface area contributed by atoms with E-state index in [-0.39, 0.29) is 5.91 Å².